The Hall–Kier alpha value is 0.0200. The average Bonchev–Trinajstić information content (AvgIpc) is 2.75. The summed E-state index contributed by atoms with van der Waals surface area (Å²) in [5, 5.41) is 6.67. The van der Waals surface area contributed by atoms with Crippen molar-refractivity contribution < 1.29 is 0 Å². The molecular formula is C13H14BrIN2S. The predicted octanol–water partition coefficient (Wildman–Crippen LogP) is 4.32. The highest BCUT2D eigenvalue weighted by molar-refractivity contribution is 14.1. The second kappa shape index (κ2) is 6.45. The van der Waals surface area contributed by atoms with Crippen LogP contribution in [0.2, 0.25) is 0 Å². The van der Waals surface area contributed by atoms with E-state index in [9.17, 15) is 0 Å². The van der Waals surface area contributed by atoms with Gasteiger partial charge in [-0.05, 0) is 60.3 Å². The second-order valence-corrected chi connectivity index (χ2v) is 7.11. The van der Waals surface area contributed by atoms with E-state index in [1.54, 1.807) is 11.3 Å². The number of hydrogen-bond donors (Lipinski definition) is 1. The van der Waals surface area contributed by atoms with E-state index >= 15 is 0 Å². The Balaban J connectivity index is 2.25. The van der Waals surface area contributed by atoms with Gasteiger partial charge in [0.05, 0.1) is 5.01 Å². The Morgan fingerprint density at radius 3 is 2.89 bits per heavy atom. The van der Waals surface area contributed by atoms with E-state index < -0.39 is 0 Å². The summed E-state index contributed by atoms with van der Waals surface area (Å²) in [4.78, 5) is 4.54. The van der Waals surface area contributed by atoms with Crippen molar-refractivity contribution in [1.82, 2.24) is 10.3 Å². The van der Waals surface area contributed by atoms with Gasteiger partial charge in [-0.3, -0.25) is 0 Å². The van der Waals surface area contributed by atoms with Crippen LogP contribution >= 0.6 is 49.9 Å². The summed E-state index contributed by atoms with van der Waals surface area (Å²) in [6.45, 7) is 2.04. The van der Waals surface area contributed by atoms with Gasteiger partial charge in [-0.1, -0.05) is 15.9 Å². The summed E-state index contributed by atoms with van der Waals surface area (Å²) in [5.41, 5.74) is 2.43. The summed E-state index contributed by atoms with van der Waals surface area (Å²) in [7, 11) is 2.00. The van der Waals surface area contributed by atoms with Gasteiger partial charge in [0.15, 0.2) is 0 Å². The molecule has 1 heterocycles. The van der Waals surface area contributed by atoms with E-state index in [0.717, 1.165) is 16.6 Å². The van der Waals surface area contributed by atoms with Crippen molar-refractivity contribution in [3.8, 4) is 0 Å². The number of nitrogens with one attached hydrogen (secondary N) is 1. The van der Waals surface area contributed by atoms with Crippen molar-refractivity contribution in [3.63, 3.8) is 0 Å². The zero-order valence-corrected chi connectivity index (χ0v) is 14.8. The minimum Gasteiger partial charge on any atom is -0.313 e. The zero-order valence-electron chi connectivity index (χ0n) is 10.2. The van der Waals surface area contributed by atoms with E-state index in [2.05, 4.69) is 72.4 Å². The third-order valence-corrected chi connectivity index (χ3v) is 5.19. The molecular weight excluding hydrogens is 423 g/mol. The summed E-state index contributed by atoms with van der Waals surface area (Å²) in [6, 6.07) is 6.70. The molecule has 0 aliphatic rings. The van der Waals surface area contributed by atoms with Crippen LogP contribution in [-0.2, 0) is 6.42 Å². The van der Waals surface area contributed by atoms with Crippen LogP contribution in [0.25, 0.3) is 0 Å². The van der Waals surface area contributed by atoms with E-state index in [-0.39, 0.29) is 0 Å². The van der Waals surface area contributed by atoms with Gasteiger partial charge in [0.1, 0.15) is 0 Å². The fourth-order valence-electron chi connectivity index (χ4n) is 1.82. The molecule has 2 rings (SSSR count). The Labute approximate surface area is 133 Å². The van der Waals surface area contributed by atoms with Crippen molar-refractivity contribution in [1.29, 1.82) is 0 Å². The fraction of sp³-hybridized carbons (Fsp3) is 0.308. The van der Waals surface area contributed by atoms with Crippen LogP contribution in [0, 0.1) is 10.5 Å². The summed E-state index contributed by atoms with van der Waals surface area (Å²) in [5.74, 6) is 0. The molecule has 0 aliphatic carbocycles. The maximum absolute atomic E-state index is 4.54. The summed E-state index contributed by atoms with van der Waals surface area (Å²) in [6.07, 6.45) is 0.932. The largest absolute Gasteiger partial charge is 0.313 e. The number of benzene rings is 1. The lowest BCUT2D eigenvalue weighted by atomic mass is 10.0. The minimum absolute atomic E-state index is 0.306. The van der Waals surface area contributed by atoms with Crippen molar-refractivity contribution in [2.75, 3.05) is 7.05 Å². The highest BCUT2D eigenvalue weighted by Crippen LogP contribution is 2.27. The molecule has 0 fully saturated rings. The normalized spacial score (nSPS) is 12.7. The van der Waals surface area contributed by atoms with Gasteiger partial charge in [-0.2, -0.15) is 0 Å². The molecule has 2 nitrogen and oxygen atoms in total. The molecule has 0 saturated carbocycles. The molecule has 1 aromatic heterocycles. The molecule has 0 amide bonds. The van der Waals surface area contributed by atoms with E-state index in [1.807, 2.05) is 14.0 Å². The monoisotopic (exact) mass is 436 g/mol. The third-order valence-electron chi connectivity index (χ3n) is 2.73. The quantitative estimate of drug-likeness (QED) is 0.722. The number of aryl methyl sites for hydroxylation is 1. The van der Waals surface area contributed by atoms with Gasteiger partial charge >= 0.3 is 0 Å². The topological polar surface area (TPSA) is 24.9 Å². The lowest BCUT2D eigenvalue weighted by Gasteiger charge is -2.17. The van der Waals surface area contributed by atoms with Crippen molar-refractivity contribution in [2.24, 2.45) is 0 Å². The van der Waals surface area contributed by atoms with E-state index in [4.69, 9.17) is 0 Å². The van der Waals surface area contributed by atoms with Crippen LogP contribution in [0.4, 0.5) is 0 Å². The Kier molecular flexibility index (Phi) is 5.17. The fourth-order valence-corrected chi connectivity index (χ4v) is 3.73. The average molecular weight is 437 g/mol. The number of hydrogen-bond acceptors (Lipinski definition) is 3. The number of thiazole rings is 1. The van der Waals surface area contributed by atoms with Crippen molar-refractivity contribution in [3.05, 3.63) is 47.9 Å². The Morgan fingerprint density at radius 2 is 2.28 bits per heavy atom. The molecule has 0 saturated heterocycles. The molecule has 1 aromatic carbocycles. The predicted molar refractivity (Wildman–Crippen MR) is 89.2 cm³/mol. The highest BCUT2D eigenvalue weighted by Gasteiger charge is 2.15. The Bertz CT molecular complexity index is 542. The SMILES string of the molecule is CNC(Cc1nc(C)cs1)c1cc(Br)ccc1I. The summed E-state index contributed by atoms with van der Waals surface area (Å²) >= 11 is 7.66. The van der Waals surface area contributed by atoms with Crippen LogP contribution in [0.3, 0.4) is 0 Å². The van der Waals surface area contributed by atoms with Gasteiger partial charge in [0.25, 0.3) is 0 Å². The molecule has 18 heavy (non-hydrogen) atoms. The van der Waals surface area contributed by atoms with Crippen LogP contribution in [0.1, 0.15) is 22.3 Å². The first-order valence-corrected chi connectivity index (χ1v) is 8.38. The molecule has 0 spiro atoms. The molecule has 0 aliphatic heterocycles. The molecule has 5 heteroatoms. The maximum atomic E-state index is 4.54. The van der Waals surface area contributed by atoms with E-state index in [0.29, 0.717) is 6.04 Å². The van der Waals surface area contributed by atoms with Gasteiger partial charge < -0.3 is 5.32 Å². The number of halogens is 2. The van der Waals surface area contributed by atoms with E-state index in [1.165, 1.54) is 14.1 Å². The smallest absolute Gasteiger partial charge is 0.0947 e. The molecule has 0 bridgehead atoms. The molecule has 1 N–H and O–H groups in total. The molecule has 0 radical (unpaired) electrons. The first kappa shape index (κ1) is 14.4. The standard InChI is InChI=1S/C13H14BrIN2S/c1-8-7-18-13(17-8)6-12(16-2)10-5-9(14)3-4-11(10)15/h3-5,7,12,16H,6H2,1-2H3. The molecule has 1 atom stereocenters. The Morgan fingerprint density at radius 1 is 1.50 bits per heavy atom. The zero-order chi connectivity index (χ0) is 13.1. The number of rotatable bonds is 4. The van der Waals surface area contributed by atoms with Crippen LogP contribution in [-0.4, -0.2) is 12.0 Å². The van der Waals surface area contributed by atoms with Gasteiger partial charge in [0.2, 0.25) is 0 Å². The lowest BCUT2D eigenvalue weighted by molar-refractivity contribution is 0.587. The van der Waals surface area contributed by atoms with Crippen molar-refractivity contribution in [2.45, 2.75) is 19.4 Å². The maximum Gasteiger partial charge on any atom is 0.0947 e. The molecule has 2 aromatic rings. The molecule has 1 unspecified atom stereocenters. The van der Waals surface area contributed by atoms with Gasteiger partial charge in [-0.15, -0.1) is 11.3 Å². The second-order valence-electron chi connectivity index (χ2n) is 4.09. The first-order valence-electron chi connectivity index (χ1n) is 5.63. The highest BCUT2D eigenvalue weighted by atomic mass is 127. The van der Waals surface area contributed by atoms with Crippen LogP contribution in [0.15, 0.2) is 28.1 Å². The van der Waals surface area contributed by atoms with Gasteiger partial charge in [0, 0.05) is 31.6 Å². The molecule has 96 valence electrons. The lowest BCUT2D eigenvalue weighted by Crippen LogP contribution is -2.19. The van der Waals surface area contributed by atoms with Crippen LogP contribution in [0.5, 0.6) is 0 Å². The van der Waals surface area contributed by atoms with Crippen molar-refractivity contribution >= 4 is 49.9 Å². The summed E-state index contributed by atoms with van der Waals surface area (Å²) < 4.78 is 2.40. The van der Waals surface area contributed by atoms with Crippen LogP contribution < -0.4 is 5.32 Å². The number of nitrogens with zero attached hydrogens (tertiary/aromatic N) is 1. The minimum atomic E-state index is 0.306. The number of likely N-dealkylation sites (N-methyl/N-ethyl adjacent to an activating group) is 1. The number of aromatic nitrogens is 1. The first-order chi connectivity index (χ1) is 8.60. The van der Waals surface area contributed by atoms with Gasteiger partial charge in [-0.25, -0.2) is 4.98 Å². The third kappa shape index (κ3) is 3.53.